The Bertz CT molecular complexity index is 800. The van der Waals surface area contributed by atoms with E-state index in [0.717, 1.165) is 47.9 Å². The van der Waals surface area contributed by atoms with Gasteiger partial charge >= 0.3 is 0 Å². The van der Waals surface area contributed by atoms with Crippen LogP contribution in [0.1, 0.15) is 45.1 Å². The predicted octanol–water partition coefficient (Wildman–Crippen LogP) is 3.95. The lowest BCUT2D eigenvalue weighted by molar-refractivity contribution is 0.476. The molecule has 0 atom stereocenters. The molecule has 3 aromatic rings. The highest BCUT2D eigenvalue weighted by Crippen LogP contribution is 2.39. The summed E-state index contributed by atoms with van der Waals surface area (Å²) < 4.78 is 2.05. The molecule has 3 rings (SSSR count). The molecule has 0 bridgehead atoms. The van der Waals surface area contributed by atoms with Crippen LogP contribution in [0, 0.1) is 0 Å². The van der Waals surface area contributed by atoms with Gasteiger partial charge in [0.05, 0.1) is 22.0 Å². The largest absolute Gasteiger partial charge is 0.507 e. The number of aromatic nitrogens is 3. The summed E-state index contributed by atoms with van der Waals surface area (Å²) in [5.74, 6) is 0.294. The monoisotopic (exact) mass is 300 g/mol. The van der Waals surface area contributed by atoms with E-state index in [1.165, 1.54) is 12.8 Å². The second-order valence-electron chi connectivity index (χ2n) is 5.92. The fourth-order valence-electron chi connectivity index (χ4n) is 3.07. The molecule has 118 valence electrons. The first-order chi connectivity index (χ1) is 10.7. The number of aromatic hydroxyl groups is 1. The molecule has 22 heavy (non-hydrogen) atoms. The van der Waals surface area contributed by atoms with Crippen LogP contribution < -0.4 is 5.73 Å². The molecule has 0 fully saturated rings. The van der Waals surface area contributed by atoms with Crippen LogP contribution in [0.15, 0.2) is 12.3 Å². The molecule has 0 aliphatic rings. The van der Waals surface area contributed by atoms with Crippen LogP contribution in [-0.4, -0.2) is 19.9 Å². The molecule has 4 N–H and O–H groups in total. The molecule has 0 saturated carbocycles. The average Bonchev–Trinajstić information content (AvgIpc) is 3.03. The summed E-state index contributed by atoms with van der Waals surface area (Å²) in [6.07, 6.45) is 7.21. The molecule has 0 aliphatic heterocycles. The number of hydrogen-bond donors (Lipinski definition) is 3. The molecule has 5 nitrogen and oxygen atoms in total. The zero-order chi connectivity index (χ0) is 15.7. The van der Waals surface area contributed by atoms with Gasteiger partial charge in [-0.1, -0.05) is 33.1 Å². The Hall–Kier alpha value is -2.17. The molecule has 2 aromatic heterocycles. The number of unbranched alkanes of at least 4 members (excludes halogenated alkanes) is 2. The van der Waals surface area contributed by atoms with Gasteiger partial charge in [-0.2, -0.15) is 0 Å². The molecule has 0 amide bonds. The number of fused-ring (bicyclic) bond motifs is 2. The van der Waals surface area contributed by atoms with Crippen LogP contribution in [0.2, 0.25) is 0 Å². The number of anilines is 1. The quantitative estimate of drug-likeness (QED) is 0.603. The first kappa shape index (κ1) is 14.8. The van der Waals surface area contributed by atoms with Crippen molar-refractivity contribution in [3.63, 3.8) is 0 Å². The molecular formula is C17H24N4O. The molecule has 0 saturated heterocycles. The second-order valence-corrected chi connectivity index (χ2v) is 5.92. The van der Waals surface area contributed by atoms with Crippen molar-refractivity contribution in [3.8, 4) is 5.75 Å². The van der Waals surface area contributed by atoms with Gasteiger partial charge in [0.15, 0.2) is 5.65 Å². The number of rotatable bonds is 6. The van der Waals surface area contributed by atoms with Crippen molar-refractivity contribution in [2.75, 3.05) is 5.73 Å². The Balaban J connectivity index is 2.11. The highest BCUT2D eigenvalue weighted by atomic mass is 16.3. The number of aryl methyl sites for hydroxylation is 2. The Kier molecular flexibility index (Phi) is 3.96. The summed E-state index contributed by atoms with van der Waals surface area (Å²) in [4.78, 5) is 4.73. The SMILES string of the molecule is CCCCCn1[nH]cc2c(N)c3c(O)c(CCC)cc3nc21. The summed E-state index contributed by atoms with van der Waals surface area (Å²) in [5.41, 5.74) is 9.51. The van der Waals surface area contributed by atoms with E-state index in [0.29, 0.717) is 16.8 Å². The van der Waals surface area contributed by atoms with Gasteiger partial charge in [0.2, 0.25) is 0 Å². The molecule has 0 aliphatic carbocycles. The van der Waals surface area contributed by atoms with Crippen LogP contribution in [0.5, 0.6) is 5.75 Å². The summed E-state index contributed by atoms with van der Waals surface area (Å²) in [5, 5.41) is 15.2. The van der Waals surface area contributed by atoms with Crippen LogP contribution in [-0.2, 0) is 13.0 Å². The number of nitrogen functional groups attached to an aromatic ring is 1. The number of nitrogens with one attached hydrogen (secondary N) is 1. The smallest absolute Gasteiger partial charge is 0.158 e. The maximum absolute atomic E-state index is 10.4. The van der Waals surface area contributed by atoms with E-state index in [1.54, 1.807) is 0 Å². The average molecular weight is 300 g/mol. The molecule has 0 radical (unpaired) electrons. The standard InChI is InChI=1S/C17H24N4O/c1-3-5-6-8-21-17-12(10-19-21)15(18)14-13(20-17)9-11(7-4-2)16(14)22/h9-10,19,22H,3-8,18H2,1-2H3. The van der Waals surface area contributed by atoms with E-state index in [-0.39, 0.29) is 0 Å². The van der Waals surface area contributed by atoms with E-state index in [9.17, 15) is 5.11 Å². The van der Waals surface area contributed by atoms with Crippen molar-refractivity contribution in [2.45, 2.75) is 52.5 Å². The van der Waals surface area contributed by atoms with E-state index in [1.807, 2.05) is 16.9 Å². The Morgan fingerprint density at radius 2 is 2.09 bits per heavy atom. The summed E-state index contributed by atoms with van der Waals surface area (Å²) in [6.45, 7) is 5.20. The number of hydrogen-bond acceptors (Lipinski definition) is 3. The highest BCUT2D eigenvalue weighted by Gasteiger charge is 2.17. The summed E-state index contributed by atoms with van der Waals surface area (Å²) in [6, 6.07) is 1.97. The molecule has 2 heterocycles. The first-order valence-electron chi connectivity index (χ1n) is 8.15. The third-order valence-electron chi connectivity index (χ3n) is 4.26. The van der Waals surface area contributed by atoms with Gasteiger partial charge in [-0.3, -0.25) is 4.68 Å². The number of aromatic amines is 1. The molecule has 0 unspecified atom stereocenters. The molecule has 1 aromatic carbocycles. The van der Waals surface area contributed by atoms with E-state index >= 15 is 0 Å². The fraction of sp³-hybridized carbons (Fsp3) is 0.471. The number of nitrogens with two attached hydrogens (primary N) is 1. The Labute approximate surface area is 130 Å². The van der Waals surface area contributed by atoms with Crippen LogP contribution in [0.25, 0.3) is 21.9 Å². The Morgan fingerprint density at radius 3 is 2.82 bits per heavy atom. The topological polar surface area (TPSA) is 79.9 Å². The zero-order valence-corrected chi connectivity index (χ0v) is 13.3. The minimum atomic E-state index is 0.294. The highest BCUT2D eigenvalue weighted by molar-refractivity contribution is 6.09. The van der Waals surface area contributed by atoms with Crippen molar-refractivity contribution >= 4 is 27.6 Å². The predicted molar refractivity (Wildman–Crippen MR) is 91.2 cm³/mol. The van der Waals surface area contributed by atoms with Crippen molar-refractivity contribution in [3.05, 3.63) is 17.8 Å². The van der Waals surface area contributed by atoms with Crippen molar-refractivity contribution < 1.29 is 5.11 Å². The maximum Gasteiger partial charge on any atom is 0.158 e. The van der Waals surface area contributed by atoms with E-state index in [4.69, 9.17) is 10.7 Å². The summed E-state index contributed by atoms with van der Waals surface area (Å²) >= 11 is 0. The van der Waals surface area contributed by atoms with E-state index < -0.39 is 0 Å². The van der Waals surface area contributed by atoms with Gasteiger partial charge in [0.25, 0.3) is 0 Å². The van der Waals surface area contributed by atoms with Gasteiger partial charge in [0.1, 0.15) is 5.75 Å². The minimum Gasteiger partial charge on any atom is -0.507 e. The molecular weight excluding hydrogens is 276 g/mol. The lowest BCUT2D eigenvalue weighted by Gasteiger charge is -2.05. The fourth-order valence-corrected chi connectivity index (χ4v) is 3.07. The van der Waals surface area contributed by atoms with E-state index in [2.05, 4.69) is 18.9 Å². The Morgan fingerprint density at radius 1 is 1.27 bits per heavy atom. The summed E-state index contributed by atoms with van der Waals surface area (Å²) in [7, 11) is 0. The normalized spacial score (nSPS) is 11.7. The number of H-pyrrole nitrogens is 1. The van der Waals surface area contributed by atoms with Gasteiger partial charge in [0, 0.05) is 12.7 Å². The third-order valence-corrected chi connectivity index (χ3v) is 4.26. The maximum atomic E-state index is 10.4. The first-order valence-corrected chi connectivity index (χ1v) is 8.15. The molecule has 5 heteroatoms. The third kappa shape index (κ3) is 2.30. The van der Waals surface area contributed by atoms with Gasteiger partial charge < -0.3 is 15.9 Å². The van der Waals surface area contributed by atoms with Crippen LogP contribution >= 0.6 is 0 Å². The minimum absolute atomic E-state index is 0.294. The van der Waals surface area contributed by atoms with Crippen molar-refractivity contribution in [2.24, 2.45) is 0 Å². The van der Waals surface area contributed by atoms with Crippen LogP contribution in [0.3, 0.4) is 0 Å². The lowest BCUT2D eigenvalue weighted by Crippen LogP contribution is -2.01. The van der Waals surface area contributed by atoms with Gasteiger partial charge in [-0.05, 0) is 24.5 Å². The number of pyridine rings is 1. The van der Waals surface area contributed by atoms with Gasteiger partial charge in [-0.15, -0.1) is 0 Å². The lowest BCUT2D eigenvalue weighted by atomic mass is 10.1. The number of nitrogens with zero attached hydrogens (tertiary/aromatic N) is 2. The van der Waals surface area contributed by atoms with Crippen molar-refractivity contribution in [1.29, 1.82) is 0 Å². The molecule has 0 spiro atoms. The second kappa shape index (κ2) is 5.91. The van der Waals surface area contributed by atoms with Crippen LogP contribution in [0.4, 0.5) is 5.69 Å². The zero-order valence-electron chi connectivity index (χ0n) is 13.3. The van der Waals surface area contributed by atoms with Crippen molar-refractivity contribution in [1.82, 2.24) is 14.8 Å². The van der Waals surface area contributed by atoms with Gasteiger partial charge in [-0.25, -0.2) is 4.98 Å².